The number of nitrogens with zero attached hydrogens (tertiary/aromatic N) is 2. The second kappa shape index (κ2) is 4.91. The Hall–Kier alpha value is -0.870. The zero-order valence-electron chi connectivity index (χ0n) is 12.3. The Morgan fingerprint density at radius 1 is 1.32 bits per heavy atom. The molecule has 3 heterocycles. The SMILES string of the molecule is CC(C)(C)c1cnc(CN2CCC3CCC(C2)N3)o1. The highest BCUT2D eigenvalue weighted by Gasteiger charge is 2.29. The molecule has 0 amide bonds. The van der Waals surface area contributed by atoms with Gasteiger partial charge in [-0.1, -0.05) is 20.8 Å². The highest BCUT2D eigenvalue weighted by Crippen LogP contribution is 2.24. The van der Waals surface area contributed by atoms with Gasteiger partial charge in [0, 0.05) is 30.6 Å². The van der Waals surface area contributed by atoms with Crippen LogP contribution < -0.4 is 5.32 Å². The van der Waals surface area contributed by atoms with E-state index >= 15 is 0 Å². The van der Waals surface area contributed by atoms with E-state index in [1.807, 2.05) is 6.20 Å². The number of hydrogen-bond acceptors (Lipinski definition) is 4. The summed E-state index contributed by atoms with van der Waals surface area (Å²) in [6.07, 6.45) is 5.81. The lowest BCUT2D eigenvalue weighted by atomic mass is 9.94. The standard InChI is InChI=1S/C15H25N3O/c1-15(2,3)13-8-16-14(19-13)10-18-7-6-11-4-5-12(9-18)17-11/h8,11-12,17H,4-7,9-10H2,1-3H3. The summed E-state index contributed by atoms with van der Waals surface area (Å²) in [7, 11) is 0. The van der Waals surface area contributed by atoms with Crippen LogP contribution in [0, 0.1) is 0 Å². The van der Waals surface area contributed by atoms with Crippen molar-refractivity contribution in [2.24, 2.45) is 0 Å². The van der Waals surface area contributed by atoms with E-state index in [-0.39, 0.29) is 5.41 Å². The third-order valence-corrected chi connectivity index (χ3v) is 4.26. The molecule has 0 aliphatic carbocycles. The van der Waals surface area contributed by atoms with Crippen molar-refractivity contribution in [3.63, 3.8) is 0 Å². The van der Waals surface area contributed by atoms with Gasteiger partial charge in [0.15, 0.2) is 0 Å². The van der Waals surface area contributed by atoms with Crippen LogP contribution in [0.3, 0.4) is 0 Å². The minimum atomic E-state index is 0.0463. The molecular weight excluding hydrogens is 238 g/mol. The number of oxazole rings is 1. The van der Waals surface area contributed by atoms with Gasteiger partial charge in [0.05, 0.1) is 12.7 Å². The van der Waals surface area contributed by atoms with E-state index in [0.717, 1.165) is 37.3 Å². The van der Waals surface area contributed by atoms with E-state index in [0.29, 0.717) is 6.04 Å². The van der Waals surface area contributed by atoms with Gasteiger partial charge >= 0.3 is 0 Å². The average molecular weight is 263 g/mol. The van der Waals surface area contributed by atoms with Crippen LogP contribution in [0.25, 0.3) is 0 Å². The summed E-state index contributed by atoms with van der Waals surface area (Å²) < 4.78 is 5.90. The normalized spacial score (nSPS) is 28.6. The van der Waals surface area contributed by atoms with Crippen molar-refractivity contribution in [2.45, 2.75) is 64.1 Å². The third kappa shape index (κ3) is 3.00. The van der Waals surface area contributed by atoms with Gasteiger partial charge in [-0.05, 0) is 19.3 Å². The Morgan fingerprint density at radius 2 is 2.11 bits per heavy atom. The Morgan fingerprint density at radius 3 is 2.84 bits per heavy atom. The zero-order chi connectivity index (χ0) is 13.5. The van der Waals surface area contributed by atoms with Gasteiger partial charge in [0.1, 0.15) is 5.76 Å². The van der Waals surface area contributed by atoms with E-state index < -0.39 is 0 Å². The van der Waals surface area contributed by atoms with Crippen molar-refractivity contribution in [2.75, 3.05) is 13.1 Å². The molecule has 4 heteroatoms. The van der Waals surface area contributed by atoms with E-state index in [9.17, 15) is 0 Å². The molecule has 1 aromatic heterocycles. The van der Waals surface area contributed by atoms with Gasteiger partial charge in [0.2, 0.25) is 5.89 Å². The number of fused-ring (bicyclic) bond motifs is 2. The summed E-state index contributed by atoms with van der Waals surface area (Å²) in [5.74, 6) is 1.85. The third-order valence-electron chi connectivity index (χ3n) is 4.26. The smallest absolute Gasteiger partial charge is 0.208 e. The lowest BCUT2D eigenvalue weighted by Crippen LogP contribution is -2.35. The fourth-order valence-electron chi connectivity index (χ4n) is 3.08. The minimum Gasteiger partial charge on any atom is -0.444 e. The minimum absolute atomic E-state index is 0.0463. The second-order valence-corrected chi connectivity index (χ2v) is 7.03. The molecule has 2 aliphatic rings. The topological polar surface area (TPSA) is 41.3 Å². The summed E-state index contributed by atoms with van der Waals surface area (Å²) in [5.41, 5.74) is 0.0463. The predicted molar refractivity (Wildman–Crippen MR) is 75.0 cm³/mol. The summed E-state index contributed by atoms with van der Waals surface area (Å²) >= 11 is 0. The van der Waals surface area contributed by atoms with Crippen molar-refractivity contribution < 1.29 is 4.42 Å². The van der Waals surface area contributed by atoms with E-state index in [1.165, 1.54) is 19.3 Å². The van der Waals surface area contributed by atoms with Crippen molar-refractivity contribution in [3.8, 4) is 0 Å². The van der Waals surface area contributed by atoms with Crippen LogP contribution in [0.4, 0.5) is 0 Å². The summed E-state index contributed by atoms with van der Waals surface area (Å²) in [5, 5.41) is 3.71. The van der Waals surface area contributed by atoms with Crippen molar-refractivity contribution >= 4 is 0 Å². The van der Waals surface area contributed by atoms with Crippen LogP contribution in [0.5, 0.6) is 0 Å². The molecule has 2 fully saturated rings. The van der Waals surface area contributed by atoms with Crippen LogP contribution in [0.2, 0.25) is 0 Å². The lowest BCUT2D eigenvalue weighted by molar-refractivity contribution is 0.222. The molecule has 2 atom stereocenters. The molecular formula is C15H25N3O. The second-order valence-electron chi connectivity index (χ2n) is 7.03. The first-order chi connectivity index (χ1) is 9.00. The lowest BCUT2D eigenvalue weighted by Gasteiger charge is -2.22. The number of likely N-dealkylation sites (tertiary alicyclic amines) is 1. The fourth-order valence-corrected chi connectivity index (χ4v) is 3.08. The van der Waals surface area contributed by atoms with Gasteiger partial charge < -0.3 is 9.73 Å². The first-order valence-corrected chi connectivity index (χ1v) is 7.44. The molecule has 2 aliphatic heterocycles. The maximum atomic E-state index is 5.90. The first-order valence-electron chi connectivity index (χ1n) is 7.44. The summed E-state index contributed by atoms with van der Waals surface area (Å²) in [6, 6.07) is 1.41. The maximum Gasteiger partial charge on any atom is 0.208 e. The Balaban J connectivity index is 1.63. The highest BCUT2D eigenvalue weighted by atomic mass is 16.4. The van der Waals surface area contributed by atoms with Crippen LogP contribution in [0.15, 0.2) is 10.6 Å². The van der Waals surface area contributed by atoms with Gasteiger partial charge in [-0.25, -0.2) is 4.98 Å². The molecule has 1 aromatic rings. The average Bonchev–Trinajstić information content (AvgIpc) is 2.88. The number of nitrogens with one attached hydrogen (secondary N) is 1. The molecule has 2 bridgehead atoms. The first kappa shape index (κ1) is 13.1. The largest absolute Gasteiger partial charge is 0.444 e. The zero-order valence-corrected chi connectivity index (χ0v) is 12.3. The highest BCUT2D eigenvalue weighted by molar-refractivity contribution is 5.06. The van der Waals surface area contributed by atoms with Gasteiger partial charge in [-0.3, -0.25) is 4.90 Å². The van der Waals surface area contributed by atoms with Crippen LogP contribution in [-0.2, 0) is 12.0 Å². The Labute approximate surface area is 115 Å². The number of aromatic nitrogens is 1. The van der Waals surface area contributed by atoms with Crippen LogP contribution in [0.1, 0.15) is 51.7 Å². The van der Waals surface area contributed by atoms with E-state index in [2.05, 4.69) is 36.0 Å². The molecule has 1 N–H and O–H groups in total. The van der Waals surface area contributed by atoms with Crippen LogP contribution >= 0.6 is 0 Å². The quantitative estimate of drug-likeness (QED) is 0.889. The van der Waals surface area contributed by atoms with Crippen molar-refractivity contribution in [1.29, 1.82) is 0 Å². The van der Waals surface area contributed by atoms with Gasteiger partial charge in [-0.15, -0.1) is 0 Å². The van der Waals surface area contributed by atoms with Crippen molar-refractivity contribution in [1.82, 2.24) is 15.2 Å². The predicted octanol–water partition coefficient (Wildman–Crippen LogP) is 2.30. The van der Waals surface area contributed by atoms with Gasteiger partial charge in [0.25, 0.3) is 0 Å². The molecule has 3 rings (SSSR count). The molecule has 0 radical (unpaired) electrons. The monoisotopic (exact) mass is 263 g/mol. The molecule has 4 nitrogen and oxygen atoms in total. The molecule has 2 unspecified atom stereocenters. The number of rotatable bonds is 2. The van der Waals surface area contributed by atoms with E-state index in [1.54, 1.807) is 0 Å². The van der Waals surface area contributed by atoms with Gasteiger partial charge in [-0.2, -0.15) is 0 Å². The van der Waals surface area contributed by atoms with E-state index in [4.69, 9.17) is 4.42 Å². The molecule has 0 aromatic carbocycles. The molecule has 106 valence electrons. The number of hydrogen-bond donors (Lipinski definition) is 1. The molecule has 2 saturated heterocycles. The van der Waals surface area contributed by atoms with Crippen molar-refractivity contribution in [3.05, 3.63) is 17.8 Å². The summed E-state index contributed by atoms with van der Waals surface area (Å²) in [6.45, 7) is 9.61. The van der Waals surface area contributed by atoms with Crippen LogP contribution in [-0.4, -0.2) is 35.1 Å². The Kier molecular flexibility index (Phi) is 3.39. The Bertz CT molecular complexity index is 435. The molecule has 0 spiro atoms. The summed E-state index contributed by atoms with van der Waals surface area (Å²) in [4.78, 5) is 6.92. The molecule has 19 heavy (non-hydrogen) atoms. The fraction of sp³-hybridized carbons (Fsp3) is 0.800. The maximum absolute atomic E-state index is 5.90. The molecule has 0 saturated carbocycles.